The third-order valence-corrected chi connectivity index (χ3v) is 4.85. The molecule has 2 aromatic rings. The Kier molecular flexibility index (Phi) is 7.03. The monoisotopic (exact) mass is 382 g/mol. The van der Waals surface area contributed by atoms with E-state index in [0.29, 0.717) is 26.3 Å². The van der Waals surface area contributed by atoms with Gasteiger partial charge in [-0.05, 0) is 36.5 Å². The molecular weight excluding hydrogens is 356 g/mol. The van der Waals surface area contributed by atoms with E-state index in [9.17, 15) is 4.79 Å². The fraction of sp³-hybridized carbons (Fsp3) is 0.364. The van der Waals surface area contributed by atoms with Crippen molar-refractivity contribution in [2.24, 2.45) is 5.16 Å². The molecule has 0 unspecified atom stereocenters. The number of nitrogens with zero attached hydrogens (tertiary/aromatic N) is 2. The normalized spacial score (nSPS) is 15.5. The molecule has 1 fully saturated rings. The van der Waals surface area contributed by atoms with Crippen molar-refractivity contribution < 1.29 is 19.5 Å². The van der Waals surface area contributed by atoms with Gasteiger partial charge in [0.25, 0.3) is 0 Å². The van der Waals surface area contributed by atoms with Gasteiger partial charge in [0.1, 0.15) is 6.61 Å². The van der Waals surface area contributed by atoms with E-state index in [1.807, 2.05) is 37.3 Å². The maximum Gasteiger partial charge on any atom is 0.407 e. The Morgan fingerprint density at radius 3 is 2.32 bits per heavy atom. The van der Waals surface area contributed by atoms with Gasteiger partial charge in [0.2, 0.25) is 0 Å². The van der Waals surface area contributed by atoms with Gasteiger partial charge in [0.15, 0.2) is 0 Å². The summed E-state index contributed by atoms with van der Waals surface area (Å²) < 4.78 is 5.75. The molecule has 1 heterocycles. The zero-order chi connectivity index (χ0) is 19.8. The Labute approximate surface area is 165 Å². The van der Waals surface area contributed by atoms with Crippen molar-refractivity contribution in [3.05, 3.63) is 60.2 Å². The fourth-order valence-corrected chi connectivity index (χ4v) is 3.20. The third-order valence-electron chi connectivity index (χ3n) is 4.85. The number of likely N-dealkylation sites (tertiary alicyclic amines) is 1. The van der Waals surface area contributed by atoms with E-state index in [1.165, 1.54) is 16.0 Å². The Balaban J connectivity index is 1.39. The third kappa shape index (κ3) is 5.57. The van der Waals surface area contributed by atoms with Crippen molar-refractivity contribution in [1.82, 2.24) is 4.90 Å². The minimum Gasteiger partial charge on any atom is -0.465 e. The molecule has 1 aliphatic heterocycles. The summed E-state index contributed by atoms with van der Waals surface area (Å²) in [6.07, 6.45) is 0.684. The van der Waals surface area contributed by atoms with Gasteiger partial charge >= 0.3 is 6.09 Å². The van der Waals surface area contributed by atoms with Crippen LogP contribution in [0.4, 0.5) is 4.79 Å². The number of carboxylic acid groups (broad SMARTS) is 1. The molecule has 1 amide bonds. The quantitative estimate of drug-likeness (QED) is 0.441. The molecule has 2 aromatic carbocycles. The molecule has 6 nitrogen and oxygen atoms in total. The zero-order valence-electron chi connectivity index (χ0n) is 16.1. The second kappa shape index (κ2) is 9.90. The zero-order valence-corrected chi connectivity index (χ0v) is 16.1. The van der Waals surface area contributed by atoms with Gasteiger partial charge in [-0.1, -0.05) is 59.8 Å². The van der Waals surface area contributed by atoms with Crippen molar-refractivity contribution >= 4 is 11.8 Å². The molecule has 0 aliphatic carbocycles. The molecule has 0 radical (unpaired) electrons. The summed E-state index contributed by atoms with van der Waals surface area (Å²) in [6.45, 7) is 3.79. The number of rotatable bonds is 7. The first-order valence-corrected chi connectivity index (χ1v) is 9.55. The van der Waals surface area contributed by atoms with Crippen LogP contribution < -0.4 is 0 Å². The SMILES string of the molecule is C/C(=N/OCCOC1CCN(C(=O)O)CC1)c1ccc(-c2ccccc2)cc1. The van der Waals surface area contributed by atoms with E-state index < -0.39 is 6.09 Å². The molecule has 3 rings (SSSR count). The summed E-state index contributed by atoms with van der Waals surface area (Å²) in [5.74, 6) is 0. The van der Waals surface area contributed by atoms with Gasteiger partial charge in [-0.25, -0.2) is 4.79 Å². The highest BCUT2D eigenvalue weighted by molar-refractivity contribution is 5.98. The number of benzene rings is 2. The van der Waals surface area contributed by atoms with Crippen LogP contribution in [0.25, 0.3) is 11.1 Å². The minimum atomic E-state index is -0.858. The maximum atomic E-state index is 10.9. The predicted molar refractivity (Wildman–Crippen MR) is 109 cm³/mol. The summed E-state index contributed by atoms with van der Waals surface area (Å²) in [6, 6.07) is 18.5. The van der Waals surface area contributed by atoms with Crippen molar-refractivity contribution in [3.8, 4) is 11.1 Å². The Bertz CT molecular complexity index is 782. The molecule has 28 heavy (non-hydrogen) atoms. The van der Waals surface area contributed by atoms with Crippen LogP contribution in [0.1, 0.15) is 25.3 Å². The largest absolute Gasteiger partial charge is 0.465 e. The number of hydrogen-bond donors (Lipinski definition) is 1. The number of amides is 1. The molecule has 0 spiro atoms. The van der Waals surface area contributed by atoms with Crippen LogP contribution in [0.5, 0.6) is 0 Å². The lowest BCUT2D eigenvalue weighted by Crippen LogP contribution is -2.40. The number of oxime groups is 1. The van der Waals surface area contributed by atoms with E-state index in [4.69, 9.17) is 14.7 Å². The highest BCUT2D eigenvalue weighted by atomic mass is 16.6. The van der Waals surface area contributed by atoms with Crippen LogP contribution in [0.2, 0.25) is 0 Å². The van der Waals surface area contributed by atoms with E-state index in [-0.39, 0.29) is 6.10 Å². The maximum absolute atomic E-state index is 10.9. The summed E-state index contributed by atoms with van der Waals surface area (Å²) in [7, 11) is 0. The van der Waals surface area contributed by atoms with E-state index in [0.717, 1.165) is 24.1 Å². The van der Waals surface area contributed by atoms with Crippen molar-refractivity contribution in [2.75, 3.05) is 26.3 Å². The van der Waals surface area contributed by atoms with Gasteiger partial charge in [-0.2, -0.15) is 0 Å². The Morgan fingerprint density at radius 1 is 1.04 bits per heavy atom. The van der Waals surface area contributed by atoms with Gasteiger partial charge < -0.3 is 19.6 Å². The van der Waals surface area contributed by atoms with Gasteiger partial charge in [0.05, 0.1) is 18.4 Å². The number of ether oxygens (including phenoxy) is 1. The first-order valence-electron chi connectivity index (χ1n) is 9.55. The van der Waals surface area contributed by atoms with E-state index in [1.54, 1.807) is 0 Å². The molecule has 0 atom stereocenters. The van der Waals surface area contributed by atoms with Crippen molar-refractivity contribution in [1.29, 1.82) is 0 Å². The fourth-order valence-electron chi connectivity index (χ4n) is 3.20. The molecule has 0 aromatic heterocycles. The minimum absolute atomic E-state index is 0.0924. The number of hydrogen-bond acceptors (Lipinski definition) is 4. The van der Waals surface area contributed by atoms with Crippen LogP contribution in [0.15, 0.2) is 59.8 Å². The molecule has 1 N–H and O–H groups in total. The number of carbonyl (C=O) groups is 1. The average molecular weight is 382 g/mol. The van der Waals surface area contributed by atoms with E-state index in [2.05, 4.69) is 29.4 Å². The van der Waals surface area contributed by atoms with Crippen molar-refractivity contribution in [3.63, 3.8) is 0 Å². The Morgan fingerprint density at radius 2 is 1.68 bits per heavy atom. The highest BCUT2D eigenvalue weighted by Gasteiger charge is 2.22. The summed E-state index contributed by atoms with van der Waals surface area (Å²) >= 11 is 0. The van der Waals surface area contributed by atoms with Crippen LogP contribution in [0, 0.1) is 0 Å². The van der Waals surface area contributed by atoms with Gasteiger partial charge in [-0.15, -0.1) is 0 Å². The topological polar surface area (TPSA) is 71.4 Å². The second-order valence-electron chi connectivity index (χ2n) is 6.79. The number of piperidine rings is 1. The van der Waals surface area contributed by atoms with Crippen LogP contribution in [-0.2, 0) is 9.57 Å². The average Bonchev–Trinajstić information content (AvgIpc) is 2.74. The van der Waals surface area contributed by atoms with Crippen LogP contribution >= 0.6 is 0 Å². The van der Waals surface area contributed by atoms with Gasteiger partial charge in [0, 0.05) is 13.1 Å². The highest BCUT2D eigenvalue weighted by Crippen LogP contribution is 2.19. The lowest BCUT2D eigenvalue weighted by molar-refractivity contribution is -0.0192. The predicted octanol–water partition coefficient (Wildman–Crippen LogP) is 4.25. The van der Waals surface area contributed by atoms with Gasteiger partial charge in [-0.3, -0.25) is 0 Å². The molecule has 1 saturated heterocycles. The molecule has 0 saturated carbocycles. The van der Waals surface area contributed by atoms with Crippen LogP contribution in [-0.4, -0.2) is 54.2 Å². The molecule has 6 heteroatoms. The standard InChI is InChI=1S/C22H26N2O4/c1-17(18-7-9-20(10-8-18)19-5-3-2-4-6-19)23-28-16-15-27-21-11-13-24(14-12-21)22(25)26/h2-10,21H,11-16H2,1H3,(H,25,26)/b23-17-. The van der Waals surface area contributed by atoms with Crippen molar-refractivity contribution in [2.45, 2.75) is 25.9 Å². The molecule has 1 aliphatic rings. The van der Waals surface area contributed by atoms with E-state index >= 15 is 0 Å². The summed E-state index contributed by atoms with van der Waals surface area (Å²) in [5.41, 5.74) is 4.18. The second-order valence-corrected chi connectivity index (χ2v) is 6.79. The molecule has 0 bridgehead atoms. The molecule has 148 valence electrons. The molecular formula is C22H26N2O4. The smallest absolute Gasteiger partial charge is 0.407 e. The summed E-state index contributed by atoms with van der Waals surface area (Å²) in [5, 5.41) is 13.1. The lowest BCUT2D eigenvalue weighted by Gasteiger charge is -2.29. The Hall–Kier alpha value is -2.86. The van der Waals surface area contributed by atoms with Crippen LogP contribution in [0.3, 0.4) is 0 Å². The summed E-state index contributed by atoms with van der Waals surface area (Å²) in [4.78, 5) is 17.7. The lowest BCUT2D eigenvalue weighted by atomic mass is 10.0. The first kappa shape index (κ1) is 19.9. The first-order chi connectivity index (χ1) is 13.6.